The molecule has 0 radical (unpaired) electrons. The molecule has 35 heavy (non-hydrogen) atoms. The van der Waals surface area contributed by atoms with Crippen LogP contribution in [0, 0.1) is 11.6 Å². The predicted octanol–water partition coefficient (Wildman–Crippen LogP) is 6.06. The fourth-order valence-corrected chi connectivity index (χ4v) is 4.32. The third-order valence-corrected chi connectivity index (χ3v) is 5.98. The van der Waals surface area contributed by atoms with Gasteiger partial charge in [-0.3, -0.25) is 4.98 Å². The van der Waals surface area contributed by atoms with E-state index < -0.39 is 0 Å². The summed E-state index contributed by atoms with van der Waals surface area (Å²) in [5, 5.41) is 5.54. The van der Waals surface area contributed by atoms with Crippen LogP contribution >= 0.6 is 0 Å². The number of fused-ring (bicyclic) bond motifs is 1. The van der Waals surface area contributed by atoms with Crippen LogP contribution in [0.25, 0.3) is 44.5 Å². The van der Waals surface area contributed by atoms with Crippen molar-refractivity contribution in [2.75, 3.05) is 20.6 Å². The summed E-state index contributed by atoms with van der Waals surface area (Å²) in [6.45, 7) is 1.63. The Balaban J connectivity index is 1.82. The summed E-state index contributed by atoms with van der Waals surface area (Å²) in [5.74, 6) is -0.615. The third-order valence-electron chi connectivity index (χ3n) is 5.98. The van der Waals surface area contributed by atoms with Crippen molar-refractivity contribution < 1.29 is 8.78 Å². The highest BCUT2D eigenvalue weighted by molar-refractivity contribution is 6.06. The van der Waals surface area contributed by atoms with Gasteiger partial charge in [0, 0.05) is 41.0 Å². The van der Waals surface area contributed by atoms with E-state index in [-0.39, 0.29) is 11.6 Å². The fourth-order valence-electron chi connectivity index (χ4n) is 4.32. The van der Waals surface area contributed by atoms with Crippen LogP contribution in [0.3, 0.4) is 0 Å². The molecular formula is C28H25F2N5. The fraction of sp³-hybridized carbons (Fsp3) is 0.179. The number of halogens is 2. The van der Waals surface area contributed by atoms with E-state index in [0.29, 0.717) is 12.2 Å². The molecule has 0 atom stereocenters. The normalized spacial score (nSPS) is 11.5. The Kier molecular flexibility index (Phi) is 6.33. The number of pyridine rings is 2. The zero-order chi connectivity index (χ0) is 24.4. The average Bonchev–Trinajstić information content (AvgIpc) is 3.27. The van der Waals surface area contributed by atoms with Crippen LogP contribution in [0.5, 0.6) is 0 Å². The molecule has 5 nitrogen and oxygen atoms in total. The molecule has 5 rings (SSSR count). The first-order valence-electron chi connectivity index (χ1n) is 11.5. The standard InChI is InChI=1S/C28H25F2N5/c1-34(2)16-3-17-35-28-24(18-32-35)25(19-4-8-22(29)9-5-19)26(20-12-14-31-15-13-20)27(33-28)21-6-10-23(30)11-7-21/h4-15,18H,3,16-17H2,1-2H3. The van der Waals surface area contributed by atoms with E-state index in [1.165, 1.54) is 24.3 Å². The van der Waals surface area contributed by atoms with Crippen LogP contribution in [0.4, 0.5) is 8.78 Å². The summed E-state index contributed by atoms with van der Waals surface area (Å²) < 4.78 is 29.6. The molecule has 176 valence electrons. The van der Waals surface area contributed by atoms with Gasteiger partial charge in [0.15, 0.2) is 5.65 Å². The number of aryl methyl sites for hydroxylation is 1. The van der Waals surface area contributed by atoms with Crippen molar-refractivity contribution in [2.24, 2.45) is 0 Å². The molecule has 2 aromatic carbocycles. The van der Waals surface area contributed by atoms with Crippen molar-refractivity contribution in [1.82, 2.24) is 24.6 Å². The van der Waals surface area contributed by atoms with Crippen molar-refractivity contribution >= 4 is 11.0 Å². The molecule has 0 unspecified atom stereocenters. The van der Waals surface area contributed by atoms with Gasteiger partial charge in [-0.2, -0.15) is 5.10 Å². The molecule has 0 amide bonds. The Morgan fingerprint density at radius 3 is 2.00 bits per heavy atom. The van der Waals surface area contributed by atoms with Crippen LogP contribution in [-0.2, 0) is 6.54 Å². The van der Waals surface area contributed by atoms with Crippen LogP contribution in [-0.4, -0.2) is 45.3 Å². The lowest BCUT2D eigenvalue weighted by atomic mass is 9.89. The molecular weight excluding hydrogens is 444 g/mol. The highest BCUT2D eigenvalue weighted by Crippen LogP contribution is 2.43. The Morgan fingerprint density at radius 2 is 1.37 bits per heavy atom. The quantitative estimate of drug-likeness (QED) is 0.291. The minimum absolute atomic E-state index is 0.303. The molecule has 0 bridgehead atoms. The molecule has 3 aromatic heterocycles. The van der Waals surface area contributed by atoms with E-state index in [4.69, 9.17) is 4.98 Å². The number of aromatic nitrogens is 4. The van der Waals surface area contributed by atoms with Gasteiger partial charge in [-0.1, -0.05) is 12.1 Å². The van der Waals surface area contributed by atoms with Gasteiger partial charge >= 0.3 is 0 Å². The van der Waals surface area contributed by atoms with Crippen molar-refractivity contribution in [2.45, 2.75) is 13.0 Å². The number of nitrogens with zero attached hydrogens (tertiary/aromatic N) is 5. The first-order valence-corrected chi connectivity index (χ1v) is 11.5. The minimum Gasteiger partial charge on any atom is -0.309 e. The lowest BCUT2D eigenvalue weighted by Crippen LogP contribution is -2.15. The SMILES string of the molecule is CN(C)CCCn1ncc2c(-c3ccc(F)cc3)c(-c3ccncc3)c(-c3ccc(F)cc3)nc21. The zero-order valence-electron chi connectivity index (χ0n) is 19.6. The second-order valence-electron chi connectivity index (χ2n) is 8.72. The molecule has 0 aliphatic heterocycles. The Bertz CT molecular complexity index is 1440. The van der Waals surface area contributed by atoms with E-state index in [2.05, 4.69) is 15.0 Å². The first-order chi connectivity index (χ1) is 17.0. The van der Waals surface area contributed by atoms with Gasteiger partial charge in [-0.25, -0.2) is 18.4 Å². The second kappa shape index (κ2) is 9.72. The van der Waals surface area contributed by atoms with Crippen LogP contribution in [0.2, 0.25) is 0 Å². The Morgan fingerprint density at radius 1 is 0.771 bits per heavy atom. The van der Waals surface area contributed by atoms with Crippen LogP contribution < -0.4 is 0 Å². The predicted molar refractivity (Wildman–Crippen MR) is 135 cm³/mol. The zero-order valence-corrected chi connectivity index (χ0v) is 19.6. The Labute approximate surface area is 202 Å². The van der Waals surface area contributed by atoms with Crippen LogP contribution in [0.1, 0.15) is 6.42 Å². The number of rotatable bonds is 7. The smallest absolute Gasteiger partial charge is 0.159 e. The van der Waals surface area contributed by atoms with Crippen LogP contribution in [0.15, 0.2) is 79.3 Å². The molecule has 0 aliphatic rings. The van der Waals surface area contributed by atoms with Crippen molar-refractivity contribution in [3.8, 4) is 33.5 Å². The molecule has 0 fully saturated rings. The molecule has 0 aliphatic carbocycles. The highest BCUT2D eigenvalue weighted by atomic mass is 19.1. The van der Waals surface area contributed by atoms with Crippen molar-refractivity contribution in [3.63, 3.8) is 0 Å². The molecule has 0 saturated carbocycles. The van der Waals surface area contributed by atoms with Gasteiger partial charge in [0.05, 0.1) is 11.9 Å². The molecule has 3 heterocycles. The summed E-state index contributed by atoms with van der Waals surface area (Å²) >= 11 is 0. The topological polar surface area (TPSA) is 46.8 Å². The molecule has 5 aromatic rings. The van der Waals surface area contributed by atoms with E-state index in [0.717, 1.165) is 51.8 Å². The van der Waals surface area contributed by atoms with E-state index in [1.807, 2.05) is 37.1 Å². The van der Waals surface area contributed by atoms with Crippen molar-refractivity contribution in [3.05, 3.63) is 90.9 Å². The Hall–Kier alpha value is -3.97. The lowest BCUT2D eigenvalue weighted by molar-refractivity contribution is 0.382. The molecule has 0 spiro atoms. The molecule has 0 saturated heterocycles. The summed E-state index contributed by atoms with van der Waals surface area (Å²) in [6, 6.07) is 16.6. The van der Waals surface area contributed by atoms with Gasteiger partial charge in [-0.15, -0.1) is 0 Å². The number of benzene rings is 2. The van der Waals surface area contributed by atoms with E-state index >= 15 is 0 Å². The number of hydrogen-bond acceptors (Lipinski definition) is 4. The summed E-state index contributed by atoms with van der Waals surface area (Å²) in [5.41, 5.74) is 5.75. The minimum atomic E-state index is -0.312. The summed E-state index contributed by atoms with van der Waals surface area (Å²) in [6.07, 6.45) is 6.20. The van der Waals surface area contributed by atoms with Gasteiger partial charge in [0.25, 0.3) is 0 Å². The van der Waals surface area contributed by atoms with E-state index in [1.54, 1.807) is 36.7 Å². The van der Waals surface area contributed by atoms with Gasteiger partial charge in [-0.05, 0) is 86.7 Å². The maximum absolute atomic E-state index is 13.9. The maximum Gasteiger partial charge on any atom is 0.159 e. The molecule has 7 heteroatoms. The van der Waals surface area contributed by atoms with Gasteiger partial charge < -0.3 is 4.90 Å². The average molecular weight is 470 g/mol. The largest absolute Gasteiger partial charge is 0.309 e. The van der Waals surface area contributed by atoms with Gasteiger partial charge in [0.2, 0.25) is 0 Å². The summed E-state index contributed by atoms with van der Waals surface area (Å²) in [4.78, 5) is 11.4. The first kappa shape index (κ1) is 22.8. The molecule has 0 N–H and O–H groups in total. The van der Waals surface area contributed by atoms with Gasteiger partial charge in [0.1, 0.15) is 11.6 Å². The highest BCUT2D eigenvalue weighted by Gasteiger charge is 2.22. The van der Waals surface area contributed by atoms with Crippen molar-refractivity contribution in [1.29, 1.82) is 0 Å². The summed E-state index contributed by atoms with van der Waals surface area (Å²) in [7, 11) is 4.08. The second-order valence-corrected chi connectivity index (χ2v) is 8.72. The monoisotopic (exact) mass is 469 g/mol. The number of hydrogen-bond donors (Lipinski definition) is 0. The third kappa shape index (κ3) is 4.68. The maximum atomic E-state index is 13.9. The lowest BCUT2D eigenvalue weighted by Gasteiger charge is -2.17. The van der Waals surface area contributed by atoms with E-state index in [9.17, 15) is 8.78 Å².